The lowest BCUT2D eigenvalue weighted by atomic mass is 10.1. The molecule has 5 rings (SSSR count). The van der Waals surface area contributed by atoms with Crippen molar-refractivity contribution in [3.63, 3.8) is 0 Å². The van der Waals surface area contributed by atoms with Crippen molar-refractivity contribution in [2.45, 2.75) is 25.6 Å². The highest BCUT2D eigenvalue weighted by atomic mass is 35.5. The van der Waals surface area contributed by atoms with Gasteiger partial charge in [0.25, 0.3) is 5.88 Å². The van der Waals surface area contributed by atoms with Crippen LogP contribution in [0.25, 0.3) is 0 Å². The molecule has 0 amide bonds. The van der Waals surface area contributed by atoms with E-state index in [0.717, 1.165) is 24.3 Å². The summed E-state index contributed by atoms with van der Waals surface area (Å²) in [6.07, 6.45) is -2.99. The second-order valence-electron chi connectivity index (χ2n) is 8.83. The van der Waals surface area contributed by atoms with Gasteiger partial charge in [0.1, 0.15) is 25.0 Å². The molecule has 0 saturated carbocycles. The zero-order valence-corrected chi connectivity index (χ0v) is 24.6. The van der Waals surface area contributed by atoms with Crippen LogP contribution in [0.1, 0.15) is 22.3 Å². The molecule has 0 aliphatic heterocycles. The minimum Gasteiger partial charge on any atom is -0.490 e. The Hall–Kier alpha value is -4.95. The van der Waals surface area contributed by atoms with Crippen LogP contribution >= 0.6 is 11.6 Å². The van der Waals surface area contributed by atoms with E-state index in [2.05, 4.69) is 19.9 Å². The van der Waals surface area contributed by atoms with Gasteiger partial charge in [-0.2, -0.15) is 31.3 Å². The maximum atomic E-state index is 12.4. The lowest BCUT2D eigenvalue weighted by Crippen LogP contribution is -2.05. The van der Waals surface area contributed by atoms with Crippen molar-refractivity contribution in [2.24, 2.45) is 0 Å². The largest absolute Gasteiger partial charge is 0.490 e. The van der Waals surface area contributed by atoms with Gasteiger partial charge in [-0.1, -0.05) is 54.1 Å². The number of hydrogen-bond donors (Lipinski definition) is 1. The molecule has 15 heteroatoms. The Balaban J connectivity index is 0.000000196. The molecule has 2 aromatic heterocycles. The predicted molar refractivity (Wildman–Crippen MR) is 155 cm³/mol. The van der Waals surface area contributed by atoms with Crippen LogP contribution < -0.4 is 14.2 Å². The fourth-order valence-corrected chi connectivity index (χ4v) is 3.41. The Morgan fingerprint density at radius 2 is 1.22 bits per heavy atom. The first-order valence-electron chi connectivity index (χ1n) is 13.0. The first kappa shape index (κ1) is 35.5. The van der Waals surface area contributed by atoms with Crippen LogP contribution in [0.5, 0.6) is 23.1 Å². The van der Waals surface area contributed by atoms with Gasteiger partial charge < -0.3 is 19.3 Å². The number of alkyl halides is 6. The second-order valence-corrected chi connectivity index (χ2v) is 9.18. The van der Waals surface area contributed by atoms with E-state index >= 15 is 0 Å². The van der Waals surface area contributed by atoms with Crippen molar-refractivity contribution in [3.05, 3.63) is 131 Å². The number of aliphatic hydroxyl groups excluding tert-OH is 1. The number of halogens is 7. The number of aromatic nitrogens is 4. The number of para-hydroxylation sites is 1. The minimum absolute atomic E-state index is 0.0888. The molecule has 0 bridgehead atoms. The maximum absolute atomic E-state index is 12.4. The molecular formula is C31H25ClF6N4O4. The number of methoxy groups -OCH3 is 1. The topological polar surface area (TPSA) is 99.5 Å². The quantitative estimate of drug-likeness (QED) is 0.137. The molecule has 0 spiro atoms. The van der Waals surface area contributed by atoms with Crippen LogP contribution in [-0.4, -0.2) is 32.2 Å². The van der Waals surface area contributed by atoms with Crippen LogP contribution in [0.4, 0.5) is 26.3 Å². The summed E-state index contributed by atoms with van der Waals surface area (Å²) in [4.78, 5) is 15.3. The third-order valence-electron chi connectivity index (χ3n) is 5.59. The first-order chi connectivity index (χ1) is 21.9. The monoisotopic (exact) mass is 666 g/mol. The molecule has 0 unspecified atom stereocenters. The Kier molecular flexibility index (Phi) is 13.1. The maximum Gasteiger partial charge on any atom is 0.416 e. The van der Waals surface area contributed by atoms with Gasteiger partial charge in [-0.3, -0.25) is 0 Å². The molecule has 5 aromatic rings. The van der Waals surface area contributed by atoms with Crippen LogP contribution in [0.2, 0.25) is 5.15 Å². The summed E-state index contributed by atoms with van der Waals surface area (Å²) in [5.74, 6) is 1.77. The van der Waals surface area contributed by atoms with Gasteiger partial charge in [-0.25, -0.2) is 15.0 Å². The van der Waals surface area contributed by atoms with E-state index in [0.29, 0.717) is 33.5 Å². The standard InChI is InChI=1S/C13H11F3N2O2.C10H7ClN2O.C8H7F3O/c1-19-11-6-17-8-18-12(11)20-7-9-2-4-10(5-3-9)13(14,15)16;11-10-9(6-12-7-13-10)14-8-4-2-1-3-5-8;9-8(10,11)7-3-1-6(5-12)2-4-7/h2-6,8H,7H2,1H3;1-7H;1-4,12H,5H2. The summed E-state index contributed by atoms with van der Waals surface area (Å²) < 4.78 is 88.9. The van der Waals surface area contributed by atoms with Gasteiger partial charge in [0, 0.05) is 0 Å². The van der Waals surface area contributed by atoms with E-state index < -0.39 is 23.5 Å². The van der Waals surface area contributed by atoms with E-state index in [9.17, 15) is 26.3 Å². The summed E-state index contributed by atoms with van der Waals surface area (Å²) >= 11 is 5.80. The number of nitrogens with zero attached hydrogens (tertiary/aromatic N) is 4. The summed E-state index contributed by atoms with van der Waals surface area (Å²) in [6, 6.07) is 18.5. The number of aliphatic hydroxyl groups is 1. The van der Waals surface area contributed by atoms with Crippen molar-refractivity contribution in [3.8, 4) is 23.1 Å². The average Bonchev–Trinajstić information content (AvgIpc) is 3.05. The summed E-state index contributed by atoms with van der Waals surface area (Å²) in [5.41, 5.74) is -0.317. The molecule has 0 fully saturated rings. The van der Waals surface area contributed by atoms with Crippen molar-refractivity contribution < 1.29 is 45.7 Å². The van der Waals surface area contributed by atoms with Crippen molar-refractivity contribution in [2.75, 3.05) is 7.11 Å². The van der Waals surface area contributed by atoms with Gasteiger partial charge in [-0.15, -0.1) is 0 Å². The molecule has 1 N–H and O–H groups in total. The van der Waals surface area contributed by atoms with Crippen molar-refractivity contribution >= 4 is 11.6 Å². The molecule has 3 aromatic carbocycles. The van der Waals surface area contributed by atoms with Crippen LogP contribution in [0.15, 0.2) is 104 Å². The molecule has 0 aliphatic rings. The summed E-state index contributed by atoms with van der Waals surface area (Å²) in [6.45, 7) is -0.149. The molecule has 8 nitrogen and oxygen atoms in total. The molecule has 0 saturated heterocycles. The Morgan fingerprint density at radius 3 is 1.72 bits per heavy atom. The van der Waals surface area contributed by atoms with E-state index in [-0.39, 0.29) is 19.1 Å². The van der Waals surface area contributed by atoms with E-state index in [1.165, 1.54) is 56.4 Å². The summed E-state index contributed by atoms with van der Waals surface area (Å²) in [7, 11) is 1.45. The number of ether oxygens (including phenoxy) is 3. The van der Waals surface area contributed by atoms with Gasteiger partial charge in [-0.05, 0) is 47.5 Å². The molecular weight excluding hydrogens is 642 g/mol. The normalized spacial score (nSPS) is 10.9. The van der Waals surface area contributed by atoms with Gasteiger partial charge in [0.2, 0.25) is 0 Å². The van der Waals surface area contributed by atoms with Crippen molar-refractivity contribution in [1.29, 1.82) is 0 Å². The number of rotatable bonds is 7. The van der Waals surface area contributed by atoms with Crippen LogP contribution in [0, 0.1) is 0 Å². The molecule has 242 valence electrons. The average molecular weight is 667 g/mol. The molecule has 46 heavy (non-hydrogen) atoms. The van der Waals surface area contributed by atoms with Crippen LogP contribution in [0.3, 0.4) is 0 Å². The number of hydrogen-bond acceptors (Lipinski definition) is 8. The predicted octanol–water partition coefficient (Wildman–Crippen LogP) is 8.20. The van der Waals surface area contributed by atoms with Gasteiger partial charge >= 0.3 is 12.4 Å². The van der Waals surface area contributed by atoms with E-state index in [1.54, 1.807) is 0 Å². The zero-order valence-electron chi connectivity index (χ0n) is 23.8. The third kappa shape index (κ3) is 11.5. The molecule has 0 atom stereocenters. The zero-order chi connectivity index (χ0) is 33.6. The Morgan fingerprint density at radius 1 is 0.696 bits per heavy atom. The lowest BCUT2D eigenvalue weighted by molar-refractivity contribution is -0.138. The summed E-state index contributed by atoms with van der Waals surface area (Å²) in [5, 5.41) is 8.86. The van der Waals surface area contributed by atoms with Crippen molar-refractivity contribution in [1.82, 2.24) is 19.9 Å². The van der Waals surface area contributed by atoms with Gasteiger partial charge in [0.15, 0.2) is 16.7 Å². The Labute approximate surface area is 264 Å². The molecule has 0 radical (unpaired) electrons. The number of benzene rings is 3. The third-order valence-corrected chi connectivity index (χ3v) is 5.87. The first-order valence-corrected chi connectivity index (χ1v) is 13.4. The van der Waals surface area contributed by atoms with E-state index in [1.807, 2.05) is 30.3 Å². The Bertz CT molecular complexity index is 1630. The highest BCUT2D eigenvalue weighted by Gasteiger charge is 2.30. The van der Waals surface area contributed by atoms with E-state index in [4.69, 9.17) is 30.9 Å². The highest BCUT2D eigenvalue weighted by molar-refractivity contribution is 6.30. The SMILES string of the molecule is COc1cncnc1OCc1ccc(C(F)(F)F)cc1.Clc1ncncc1Oc1ccccc1.OCc1ccc(C(F)(F)F)cc1. The fraction of sp³-hybridized carbons (Fsp3) is 0.161. The fourth-order valence-electron chi connectivity index (χ4n) is 3.28. The minimum atomic E-state index is -4.34. The van der Waals surface area contributed by atoms with Gasteiger partial charge in [0.05, 0.1) is 37.2 Å². The molecule has 2 heterocycles. The highest BCUT2D eigenvalue weighted by Crippen LogP contribution is 2.30. The molecule has 0 aliphatic carbocycles. The second kappa shape index (κ2) is 16.9. The smallest absolute Gasteiger partial charge is 0.416 e. The van der Waals surface area contributed by atoms with Crippen LogP contribution in [-0.2, 0) is 25.6 Å². The lowest BCUT2D eigenvalue weighted by Gasteiger charge is -2.10.